The summed E-state index contributed by atoms with van der Waals surface area (Å²) in [5.41, 5.74) is 0.484. The number of aromatic nitrogens is 5. The number of pyridine rings is 1. The zero-order valence-electron chi connectivity index (χ0n) is 21.6. The molecule has 11 heteroatoms. The molecular weight excluding hydrogens is 509 g/mol. The Bertz CT molecular complexity index is 1620. The Morgan fingerprint density at radius 3 is 2.51 bits per heavy atom. The van der Waals surface area contributed by atoms with Crippen molar-refractivity contribution >= 4 is 5.52 Å². The first-order valence-electron chi connectivity index (χ1n) is 13.3. The van der Waals surface area contributed by atoms with Gasteiger partial charge in [-0.15, -0.1) is 10.2 Å². The SMILES string of the molecule is Cn1cnnc1C1(c2cccc(-n3cc4c(C(F)(F)F)cc(CN5CCOCC5)cn4c3=O)c2)CC2(CC2)C1. The molecule has 4 aromatic rings. The molecule has 1 saturated heterocycles. The van der Waals surface area contributed by atoms with Crippen molar-refractivity contribution in [3.05, 3.63) is 82.1 Å². The van der Waals surface area contributed by atoms with Gasteiger partial charge in [-0.05, 0) is 60.4 Å². The fraction of sp³-hybridized carbons (Fsp3) is 0.464. The summed E-state index contributed by atoms with van der Waals surface area (Å²) in [5.74, 6) is 0.874. The standard InChI is InChI=1S/C28H29F3N6O2/c1-34-18-32-33-24(34)27(16-26(17-27)5-6-26)20-3-2-4-21(12-20)36-15-23-22(28(29,30)31)11-19(14-37(23)25(36)38)13-35-7-9-39-10-8-35/h2-4,11-12,14-15,18H,5-10,13,16-17H2,1H3. The number of fused-ring (bicyclic) bond motifs is 1. The van der Waals surface area contributed by atoms with Gasteiger partial charge in [-0.3, -0.25) is 13.9 Å². The highest BCUT2D eigenvalue weighted by Gasteiger charge is 2.63. The first-order chi connectivity index (χ1) is 18.7. The topological polar surface area (TPSA) is 69.6 Å². The van der Waals surface area contributed by atoms with Crippen molar-refractivity contribution in [3.8, 4) is 5.69 Å². The van der Waals surface area contributed by atoms with E-state index >= 15 is 0 Å². The van der Waals surface area contributed by atoms with Gasteiger partial charge in [0.2, 0.25) is 0 Å². The van der Waals surface area contributed by atoms with Crippen LogP contribution in [0.3, 0.4) is 0 Å². The molecule has 1 aliphatic heterocycles. The summed E-state index contributed by atoms with van der Waals surface area (Å²) in [6, 6.07) is 8.74. The highest BCUT2D eigenvalue weighted by molar-refractivity contribution is 5.58. The fourth-order valence-corrected chi connectivity index (χ4v) is 6.68. The van der Waals surface area contributed by atoms with Crippen LogP contribution in [0.4, 0.5) is 13.2 Å². The molecule has 39 heavy (non-hydrogen) atoms. The van der Waals surface area contributed by atoms with Crippen LogP contribution in [-0.2, 0) is 29.9 Å². The number of halogens is 3. The normalized spacial score (nSPS) is 20.4. The average Bonchev–Trinajstić information content (AvgIpc) is 3.46. The van der Waals surface area contributed by atoms with Crippen LogP contribution in [0, 0.1) is 5.41 Å². The molecule has 0 radical (unpaired) electrons. The first kappa shape index (κ1) is 24.6. The number of rotatable bonds is 5. The van der Waals surface area contributed by atoms with Gasteiger partial charge in [0.15, 0.2) is 0 Å². The summed E-state index contributed by atoms with van der Waals surface area (Å²) in [7, 11) is 1.93. The summed E-state index contributed by atoms with van der Waals surface area (Å²) < 4.78 is 52.3. The number of morpholine rings is 1. The lowest BCUT2D eigenvalue weighted by atomic mass is 9.56. The number of imidazole rings is 1. The van der Waals surface area contributed by atoms with Crippen LogP contribution < -0.4 is 5.69 Å². The van der Waals surface area contributed by atoms with Crippen molar-refractivity contribution in [2.75, 3.05) is 26.3 Å². The van der Waals surface area contributed by atoms with Crippen LogP contribution in [0.1, 0.15) is 48.2 Å². The van der Waals surface area contributed by atoms with Gasteiger partial charge < -0.3 is 9.30 Å². The summed E-state index contributed by atoms with van der Waals surface area (Å²) in [6.07, 6.45) is 4.22. The summed E-state index contributed by atoms with van der Waals surface area (Å²) in [6.45, 7) is 2.67. The van der Waals surface area contributed by atoms with Gasteiger partial charge in [-0.1, -0.05) is 12.1 Å². The number of ether oxygens (including phenoxy) is 1. The molecule has 3 fully saturated rings. The lowest BCUT2D eigenvalue weighted by molar-refractivity contribution is -0.136. The van der Waals surface area contributed by atoms with E-state index in [1.54, 1.807) is 12.4 Å². The monoisotopic (exact) mass is 538 g/mol. The number of aryl methyl sites for hydroxylation is 1. The minimum atomic E-state index is -4.60. The zero-order chi connectivity index (χ0) is 27.0. The predicted octanol–water partition coefficient (Wildman–Crippen LogP) is 3.93. The minimum Gasteiger partial charge on any atom is -0.379 e. The summed E-state index contributed by atoms with van der Waals surface area (Å²) >= 11 is 0. The van der Waals surface area contributed by atoms with E-state index in [1.165, 1.54) is 29.8 Å². The zero-order valence-corrected chi connectivity index (χ0v) is 21.6. The Morgan fingerprint density at radius 2 is 1.85 bits per heavy atom. The lowest BCUT2D eigenvalue weighted by Crippen LogP contribution is -2.45. The molecule has 3 aromatic heterocycles. The van der Waals surface area contributed by atoms with Gasteiger partial charge in [0.1, 0.15) is 12.2 Å². The number of benzene rings is 1. The van der Waals surface area contributed by atoms with E-state index in [4.69, 9.17) is 4.74 Å². The van der Waals surface area contributed by atoms with Crippen molar-refractivity contribution in [1.29, 1.82) is 0 Å². The maximum Gasteiger partial charge on any atom is 0.418 e. The van der Waals surface area contributed by atoms with E-state index in [9.17, 15) is 18.0 Å². The Labute approximate surface area is 222 Å². The number of hydrogen-bond acceptors (Lipinski definition) is 5. The van der Waals surface area contributed by atoms with Gasteiger partial charge in [-0.25, -0.2) is 4.79 Å². The molecule has 2 aliphatic carbocycles. The van der Waals surface area contributed by atoms with E-state index in [1.807, 2.05) is 34.7 Å². The third-order valence-electron chi connectivity index (χ3n) is 8.77. The maximum absolute atomic E-state index is 14.2. The quantitative estimate of drug-likeness (QED) is 0.385. The average molecular weight is 539 g/mol. The van der Waals surface area contributed by atoms with Crippen LogP contribution in [0.2, 0.25) is 0 Å². The molecule has 0 amide bonds. The Hall–Kier alpha value is -3.44. The molecule has 1 spiro atoms. The third kappa shape index (κ3) is 4.01. The second kappa shape index (κ2) is 8.53. The van der Waals surface area contributed by atoms with Crippen LogP contribution >= 0.6 is 0 Å². The molecule has 3 aliphatic rings. The second-order valence-electron chi connectivity index (χ2n) is 11.4. The summed E-state index contributed by atoms with van der Waals surface area (Å²) in [4.78, 5) is 15.6. The number of hydrogen-bond donors (Lipinski definition) is 0. The Morgan fingerprint density at radius 1 is 1.08 bits per heavy atom. The molecule has 0 N–H and O–H groups in total. The molecule has 1 aromatic carbocycles. The van der Waals surface area contributed by atoms with Gasteiger partial charge in [0, 0.05) is 39.1 Å². The molecule has 204 valence electrons. The molecule has 4 heterocycles. The van der Waals surface area contributed by atoms with Crippen molar-refractivity contribution < 1.29 is 17.9 Å². The smallest absolute Gasteiger partial charge is 0.379 e. The molecule has 0 bridgehead atoms. The third-order valence-corrected chi connectivity index (χ3v) is 8.77. The van der Waals surface area contributed by atoms with E-state index in [0.717, 1.165) is 34.7 Å². The highest BCUT2D eigenvalue weighted by atomic mass is 19.4. The van der Waals surface area contributed by atoms with Crippen LogP contribution in [0.15, 0.2) is 53.8 Å². The van der Waals surface area contributed by atoms with E-state index < -0.39 is 17.4 Å². The fourth-order valence-electron chi connectivity index (χ4n) is 6.68. The van der Waals surface area contributed by atoms with Gasteiger partial charge in [0.25, 0.3) is 0 Å². The Balaban J connectivity index is 1.32. The van der Waals surface area contributed by atoms with Crippen molar-refractivity contribution in [2.45, 2.75) is 43.8 Å². The van der Waals surface area contributed by atoms with Crippen LogP contribution in [-0.4, -0.2) is 54.9 Å². The molecule has 8 nitrogen and oxygen atoms in total. The predicted molar refractivity (Wildman–Crippen MR) is 137 cm³/mol. The van der Waals surface area contributed by atoms with Crippen molar-refractivity contribution in [1.82, 2.24) is 28.6 Å². The second-order valence-corrected chi connectivity index (χ2v) is 11.4. The number of alkyl halides is 3. The van der Waals surface area contributed by atoms with E-state index in [0.29, 0.717) is 49.5 Å². The van der Waals surface area contributed by atoms with Crippen molar-refractivity contribution in [3.63, 3.8) is 0 Å². The lowest BCUT2D eigenvalue weighted by Gasteiger charge is -2.48. The molecular formula is C28H29F3N6O2. The highest BCUT2D eigenvalue weighted by Crippen LogP contribution is 2.70. The Kier molecular flexibility index (Phi) is 5.38. The van der Waals surface area contributed by atoms with E-state index in [-0.39, 0.29) is 10.9 Å². The van der Waals surface area contributed by atoms with Gasteiger partial charge in [0.05, 0.1) is 35.4 Å². The molecule has 2 saturated carbocycles. The largest absolute Gasteiger partial charge is 0.418 e. The summed E-state index contributed by atoms with van der Waals surface area (Å²) in [5, 5.41) is 8.54. The maximum atomic E-state index is 14.2. The molecule has 0 atom stereocenters. The van der Waals surface area contributed by atoms with E-state index in [2.05, 4.69) is 10.2 Å². The molecule has 0 unspecified atom stereocenters. The van der Waals surface area contributed by atoms with Crippen LogP contribution in [0.25, 0.3) is 11.2 Å². The molecule has 7 rings (SSSR count). The van der Waals surface area contributed by atoms with Crippen molar-refractivity contribution in [2.24, 2.45) is 12.5 Å². The van der Waals surface area contributed by atoms with Gasteiger partial charge >= 0.3 is 11.9 Å². The van der Waals surface area contributed by atoms with Crippen LogP contribution in [0.5, 0.6) is 0 Å². The first-order valence-corrected chi connectivity index (χ1v) is 13.3. The minimum absolute atomic E-state index is 0.160. The van der Waals surface area contributed by atoms with Gasteiger partial charge in [-0.2, -0.15) is 13.2 Å². The number of nitrogens with zero attached hydrogens (tertiary/aromatic N) is 6.